The van der Waals surface area contributed by atoms with Crippen LogP contribution in [0.5, 0.6) is 0 Å². The van der Waals surface area contributed by atoms with Crippen LogP contribution in [0.2, 0.25) is 5.02 Å². The minimum absolute atomic E-state index is 0.0480. The van der Waals surface area contributed by atoms with Gasteiger partial charge in [0, 0.05) is 42.9 Å². The zero-order valence-corrected chi connectivity index (χ0v) is 13.8. The second-order valence-electron chi connectivity index (χ2n) is 5.66. The number of urea groups is 1. The molecule has 0 aliphatic carbocycles. The van der Waals surface area contributed by atoms with Crippen molar-refractivity contribution in [3.63, 3.8) is 0 Å². The number of carbonyl (C=O) groups is 1. The molecule has 4 nitrogen and oxygen atoms in total. The lowest BCUT2D eigenvalue weighted by molar-refractivity contribution is 0.191. The zero-order valence-electron chi connectivity index (χ0n) is 13.0. The van der Waals surface area contributed by atoms with Gasteiger partial charge in [0.15, 0.2) is 0 Å². The largest absolute Gasteiger partial charge is 0.368 e. The highest BCUT2D eigenvalue weighted by atomic mass is 35.5. The van der Waals surface area contributed by atoms with E-state index in [1.54, 1.807) is 0 Å². The predicted octanol–water partition coefficient (Wildman–Crippen LogP) is 3.28. The van der Waals surface area contributed by atoms with Gasteiger partial charge in [-0.3, -0.25) is 0 Å². The second kappa shape index (κ2) is 7.03. The van der Waals surface area contributed by atoms with Crippen molar-refractivity contribution in [3.8, 4) is 0 Å². The summed E-state index contributed by atoms with van der Waals surface area (Å²) in [5, 5.41) is 3.78. The number of hydrogen-bond acceptors (Lipinski definition) is 2. The van der Waals surface area contributed by atoms with Gasteiger partial charge in [0.1, 0.15) is 0 Å². The summed E-state index contributed by atoms with van der Waals surface area (Å²) in [6.07, 6.45) is 0.952. The molecule has 0 spiro atoms. The zero-order chi connectivity index (χ0) is 15.4. The van der Waals surface area contributed by atoms with Crippen LogP contribution in [0, 0.1) is 6.92 Å². The first-order valence-electron chi connectivity index (χ1n) is 7.57. The van der Waals surface area contributed by atoms with E-state index in [9.17, 15) is 4.79 Å². The van der Waals surface area contributed by atoms with Crippen molar-refractivity contribution < 1.29 is 4.79 Å². The summed E-state index contributed by atoms with van der Waals surface area (Å²) in [4.78, 5) is 16.3. The van der Waals surface area contributed by atoms with Crippen LogP contribution in [-0.4, -0.2) is 43.2 Å². The molecule has 1 heterocycles. The van der Waals surface area contributed by atoms with Crippen molar-refractivity contribution in [3.05, 3.63) is 28.8 Å². The monoisotopic (exact) mass is 309 g/mol. The number of halogens is 1. The second-order valence-corrected chi connectivity index (χ2v) is 6.10. The van der Waals surface area contributed by atoms with Gasteiger partial charge in [-0.2, -0.15) is 0 Å². The lowest BCUT2D eigenvalue weighted by atomic mass is 10.1. The predicted molar refractivity (Wildman–Crippen MR) is 88.3 cm³/mol. The first-order chi connectivity index (χ1) is 10.0. The van der Waals surface area contributed by atoms with Crippen molar-refractivity contribution in [1.82, 2.24) is 10.2 Å². The Balaban J connectivity index is 1.94. The Hall–Kier alpha value is -1.42. The van der Waals surface area contributed by atoms with E-state index in [1.807, 2.05) is 30.0 Å². The molecule has 1 fully saturated rings. The maximum atomic E-state index is 12.1. The van der Waals surface area contributed by atoms with E-state index in [1.165, 1.54) is 11.3 Å². The van der Waals surface area contributed by atoms with E-state index in [2.05, 4.69) is 24.1 Å². The Kier molecular flexibility index (Phi) is 5.34. The Labute approximate surface area is 132 Å². The summed E-state index contributed by atoms with van der Waals surface area (Å²) in [6, 6.07) is 6.24. The fourth-order valence-corrected chi connectivity index (χ4v) is 2.64. The van der Waals surface area contributed by atoms with Gasteiger partial charge in [0.2, 0.25) is 0 Å². The summed E-state index contributed by atoms with van der Waals surface area (Å²) in [5.41, 5.74) is 2.39. The summed E-state index contributed by atoms with van der Waals surface area (Å²) in [7, 11) is 0. The first-order valence-corrected chi connectivity index (χ1v) is 7.95. The van der Waals surface area contributed by atoms with E-state index >= 15 is 0 Å². The van der Waals surface area contributed by atoms with Crippen LogP contribution >= 0.6 is 11.6 Å². The molecular weight excluding hydrogens is 286 g/mol. The van der Waals surface area contributed by atoms with Gasteiger partial charge in [0.25, 0.3) is 0 Å². The maximum absolute atomic E-state index is 12.1. The number of piperazine rings is 1. The highest BCUT2D eigenvalue weighted by Gasteiger charge is 2.22. The molecular formula is C16H24ClN3O. The average Bonchev–Trinajstić information content (AvgIpc) is 2.49. The third kappa shape index (κ3) is 4.03. The van der Waals surface area contributed by atoms with Crippen LogP contribution in [0.25, 0.3) is 0 Å². The molecule has 2 amide bonds. The molecule has 1 saturated heterocycles. The molecule has 0 saturated carbocycles. The van der Waals surface area contributed by atoms with Gasteiger partial charge in [0.05, 0.1) is 0 Å². The molecule has 0 aromatic heterocycles. The molecule has 1 aliphatic heterocycles. The van der Waals surface area contributed by atoms with Crippen LogP contribution in [-0.2, 0) is 0 Å². The van der Waals surface area contributed by atoms with Crippen molar-refractivity contribution in [2.24, 2.45) is 0 Å². The van der Waals surface area contributed by atoms with E-state index in [-0.39, 0.29) is 12.1 Å². The van der Waals surface area contributed by atoms with Gasteiger partial charge in [-0.15, -0.1) is 0 Å². The topological polar surface area (TPSA) is 35.6 Å². The number of benzene rings is 1. The maximum Gasteiger partial charge on any atom is 0.317 e. The Morgan fingerprint density at radius 2 is 2.00 bits per heavy atom. The Bertz CT molecular complexity index is 498. The molecule has 0 bridgehead atoms. The van der Waals surface area contributed by atoms with Crippen molar-refractivity contribution in [2.45, 2.75) is 33.2 Å². The van der Waals surface area contributed by atoms with Gasteiger partial charge < -0.3 is 15.1 Å². The van der Waals surface area contributed by atoms with Crippen LogP contribution < -0.4 is 10.2 Å². The van der Waals surface area contributed by atoms with E-state index in [0.29, 0.717) is 0 Å². The number of hydrogen-bond donors (Lipinski definition) is 1. The molecule has 1 atom stereocenters. The van der Waals surface area contributed by atoms with Gasteiger partial charge in [-0.05, 0) is 38.0 Å². The average molecular weight is 310 g/mol. The van der Waals surface area contributed by atoms with Gasteiger partial charge >= 0.3 is 6.03 Å². The summed E-state index contributed by atoms with van der Waals surface area (Å²) in [5.74, 6) is 0. The molecule has 21 heavy (non-hydrogen) atoms. The normalized spacial score (nSPS) is 16.8. The fourth-order valence-electron chi connectivity index (χ4n) is 2.48. The standard InChI is InChI=1S/C16H24ClN3O/c1-4-13(3)18-16(21)20-9-7-19(8-10-20)15-11-14(17)6-5-12(15)2/h5-6,11,13H,4,7-10H2,1-3H3,(H,18,21)/t13-/m0/s1. The lowest BCUT2D eigenvalue weighted by Crippen LogP contribution is -2.53. The number of nitrogens with one attached hydrogen (secondary N) is 1. The third-order valence-electron chi connectivity index (χ3n) is 4.06. The molecule has 116 valence electrons. The summed E-state index contributed by atoms with van der Waals surface area (Å²) < 4.78 is 0. The molecule has 1 aromatic carbocycles. The van der Waals surface area contributed by atoms with Gasteiger partial charge in [-0.1, -0.05) is 24.6 Å². The Morgan fingerprint density at radius 1 is 1.33 bits per heavy atom. The molecule has 1 aromatic rings. The third-order valence-corrected chi connectivity index (χ3v) is 4.30. The molecule has 0 unspecified atom stereocenters. The van der Waals surface area contributed by atoms with Crippen molar-refractivity contribution >= 4 is 23.3 Å². The highest BCUT2D eigenvalue weighted by Crippen LogP contribution is 2.25. The molecule has 2 rings (SSSR count). The Morgan fingerprint density at radius 3 is 2.62 bits per heavy atom. The van der Waals surface area contributed by atoms with Crippen molar-refractivity contribution in [2.75, 3.05) is 31.1 Å². The summed E-state index contributed by atoms with van der Waals surface area (Å²) in [6.45, 7) is 9.37. The minimum Gasteiger partial charge on any atom is -0.368 e. The number of aryl methyl sites for hydroxylation is 1. The summed E-state index contributed by atoms with van der Waals surface area (Å²) >= 11 is 6.09. The number of rotatable bonds is 3. The minimum atomic E-state index is 0.0480. The highest BCUT2D eigenvalue weighted by molar-refractivity contribution is 6.30. The smallest absolute Gasteiger partial charge is 0.317 e. The first kappa shape index (κ1) is 16.0. The quantitative estimate of drug-likeness (QED) is 0.930. The number of nitrogens with zero attached hydrogens (tertiary/aromatic N) is 2. The van der Waals surface area contributed by atoms with Crippen LogP contribution in [0.1, 0.15) is 25.8 Å². The SMILES string of the molecule is CC[C@H](C)NC(=O)N1CCN(c2cc(Cl)ccc2C)CC1. The molecule has 1 aliphatic rings. The van der Waals surface area contributed by atoms with E-state index in [4.69, 9.17) is 11.6 Å². The molecule has 5 heteroatoms. The van der Waals surface area contributed by atoms with Crippen LogP contribution in [0.3, 0.4) is 0 Å². The number of amides is 2. The number of anilines is 1. The van der Waals surface area contributed by atoms with Crippen molar-refractivity contribution in [1.29, 1.82) is 0 Å². The van der Waals surface area contributed by atoms with Crippen LogP contribution in [0.15, 0.2) is 18.2 Å². The molecule has 0 radical (unpaired) electrons. The van der Waals surface area contributed by atoms with Gasteiger partial charge in [-0.25, -0.2) is 4.79 Å². The fraction of sp³-hybridized carbons (Fsp3) is 0.562. The van der Waals surface area contributed by atoms with E-state index in [0.717, 1.165) is 37.6 Å². The molecule has 1 N–H and O–H groups in total. The number of carbonyl (C=O) groups excluding carboxylic acids is 1. The van der Waals surface area contributed by atoms with E-state index < -0.39 is 0 Å². The van der Waals surface area contributed by atoms with Crippen LogP contribution in [0.4, 0.5) is 10.5 Å². The lowest BCUT2D eigenvalue weighted by Gasteiger charge is -2.37.